The zero-order valence-electron chi connectivity index (χ0n) is 11.3. The smallest absolute Gasteiger partial charge is 0.333 e. The number of aromatic nitrogens is 2. The van der Waals surface area contributed by atoms with Crippen molar-refractivity contribution in [2.24, 2.45) is 7.05 Å². The van der Waals surface area contributed by atoms with Crippen molar-refractivity contribution in [3.05, 3.63) is 48.0 Å². The van der Waals surface area contributed by atoms with Crippen molar-refractivity contribution >= 4 is 11.7 Å². The number of aryl methyl sites for hydroxylation is 1. The highest BCUT2D eigenvalue weighted by Crippen LogP contribution is 2.21. The molecule has 0 aliphatic heterocycles. The van der Waals surface area contributed by atoms with E-state index in [1.54, 1.807) is 43.2 Å². The van der Waals surface area contributed by atoms with Crippen molar-refractivity contribution in [3.8, 4) is 0 Å². The van der Waals surface area contributed by atoms with Gasteiger partial charge in [-0.3, -0.25) is 4.68 Å². The summed E-state index contributed by atoms with van der Waals surface area (Å²) in [7, 11) is 1.77. The van der Waals surface area contributed by atoms with Crippen molar-refractivity contribution in [1.29, 1.82) is 0 Å². The Labute approximate surface area is 116 Å². The molecule has 2 rings (SSSR count). The van der Waals surface area contributed by atoms with Crippen molar-refractivity contribution in [2.45, 2.75) is 13.0 Å². The largest absolute Gasteiger partial charge is 0.464 e. The molecule has 0 fully saturated rings. The van der Waals surface area contributed by atoms with Crippen LogP contribution in [0.3, 0.4) is 0 Å². The Morgan fingerprint density at radius 3 is 2.70 bits per heavy atom. The maximum atomic E-state index is 12.9. The first-order chi connectivity index (χ1) is 9.60. The molecule has 1 heterocycles. The number of carbonyl (C=O) groups is 1. The zero-order chi connectivity index (χ0) is 14.5. The minimum absolute atomic E-state index is 0.292. The molecular formula is C14H16FN3O2. The third-order valence-electron chi connectivity index (χ3n) is 2.74. The van der Waals surface area contributed by atoms with Gasteiger partial charge in [-0.25, -0.2) is 9.18 Å². The molecule has 0 aliphatic carbocycles. The van der Waals surface area contributed by atoms with Gasteiger partial charge in [0.1, 0.15) is 5.82 Å². The molecule has 20 heavy (non-hydrogen) atoms. The molecule has 0 radical (unpaired) electrons. The van der Waals surface area contributed by atoms with E-state index < -0.39 is 12.0 Å². The van der Waals surface area contributed by atoms with E-state index in [1.807, 2.05) is 0 Å². The molecule has 0 bridgehead atoms. The van der Waals surface area contributed by atoms with E-state index in [9.17, 15) is 9.18 Å². The van der Waals surface area contributed by atoms with Gasteiger partial charge < -0.3 is 10.1 Å². The van der Waals surface area contributed by atoms with Crippen molar-refractivity contribution in [3.63, 3.8) is 0 Å². The van der Waals surface area contributed by atoms with Gasteiger partial charge >= 0.3 is 5.97 Å². The molecule has 0 aliphatic rings. The first-order valence-electron chi connectivity index (χ1n) is 6.27. The predicted molar refractivity (Wildman–Crippen MR) is 72.6 cm³/mol. The molecule has 0 spiro atoms. The van der Waals surface area contributed by atoms with E-state index in [2.05, 4.69) is 10.4 Å². The Morgan fingerprint density at radius 2 is 2.15 bits per heavy atom. The lowest BCUT2D eigenvalue weighted by Gasteiger charge is -2.17. The number of rotatable bonds is 5. The fourth-order valence-electron chi connectivity index (χ4n) is 1.81. The monoisotopic (exact) mass is 277 g/mol. The van der Waals surface area contributed by atoms with Gasteiger partial charge in [-0.15, -0.1) is 0 Å². The molecule has 0 amide bonds. The van der Waals surface area contributed by atoms with E-state index in [0.29, 0.717) is 17.9 Å². The van der Waals surface area contributed by atoms with Crippen molar-refractivity contribution < 1.29 is 13.9 Å². The second-order valence-corrected chi connectivity index (χ2v) is 4.28. The molecule has 5 nitrogen and oxygen atoms in total. The van der Waals surface area contributed by atoms with Crippen molar-refractivity contribution in [1.82, 2.24) is 9.78 Å². The quantitative estimate of drug-likeness (QED) is 0.852. The Kier molecular flexibility index (Phi) is 4.34. The van der Waals surface area contributed by atoms with E-state index in [0.717, 1.165) is 0 Å². The molecule has 0 saturated heterocycles. The molecule has 1 aromatic heterocycles. The molecule has 1 atom stereocenters. The number of nitrogens with one attached hydrogen (secondary N) is 1. The number of esters is 1. The number of nitrogens with zero attached hydrogens (tertiary/aromatic N) is 2. The van der Waals surface area contributed by atoms with Gasteiger partial charge in [-0.1, -0.05) is 0 Å². The first kappa shape index (κ1) is 14.0. The van der Waals surface area contributed by atoms with Crippen LogP contribution in [-0.2, 0) is 16.6 Å². The second-order valence-electron chi connectivity index (χ2n) is 4.28. The van der Waals surface area contributed by atoms with Crippen LogP contribution in [0.4, 0.5) is 10.1 Å². The van der Waals surface area contributed by atoms with Gasteiger partial charge in [-0.2, -0.15) is 5.10 Å². The van der Waals surface area contributed by atoms with Crippen LogP contribution in [0, 0.1) is 5.82 Å². The standard InChI is InChI=1S/C14H16FN3O2/c1-3-20-14(19)13(10-8-16-18(2)9-10)17-12-6-4-11(15)5-7-12/h4-9,13,17H,3H2,1-2H3. The van der Waals surface area contributed by atoms with Crippen LogP contribution in [0.5, 0.6) is 0 Å². The van der Waals surface area contributed by atoms with E-state index in [-0.39, 0.29) is 5.82 Å². The lowest BCUT2D eigenvalue weighted by atomic mass is 10.1. The van der Waals surface area contributed by atoms with Crippen LogP contribution >= 0.6 is 0 Å². The minimum atomic E-state index is -0.672. The number of anilines is 1. The average molecular weight is 277 g/mol. The summed E-state index contributed by atoms with van der Waals surface area (Å²) in [6, 6.07) is 5.12. The first-order valence-corrected chi connectivity index (χ1v) is 6.27. The number of hydrogen-bond acceptors (Lipinski definition) is 4. The second kappa shape index (κ2) is 6.18. The number of hydrogen-bond donors (Lipinski definition) is 1. The molecule has 106 valence electrons. The summed E-state index contributed by atoms with van der Waals surface area (Å²) in [4.78, 5) is 12.0. The van der Waals surface area contributed by atoms with Gasteiger partial charge in [0.25, 0.3) is 0 Å². The van der Waals surface area contributed by atoms with Crippen LogP contribution in [0.25, 0.3) is 0 Å². The summed E-state index contributed by atoms with van der Waals surface area (Å²) in [6.45, 7) is 2.04. The molecular weight excluding hydrogens is 261 g/mol. The highest BCUT2D eigenvalue weighted by Gasteiger charge is 2.23. The van der Waals surface area contributed by atoms with E-state index in [1.165, 1.54) is 12.1 Å². The highest BCUT2D eigenvalue weighted by atomic mass is 19.1. The Balaban J connectivity index is 2.22. The van der Waals surface area contributed by atoms with Gasteiger partial charge in [0.2, 0.25) is 0 Å². The average Bonchev–Trinajstić information content (AvgIpc) is 2.84. The fraction of sp³-hybridized carbons (Fsp3) is 0.286. The Hall–Kier alpha value is -2.37. The van der Waals surface area contributed by atoms with Gasteiger partial charge in [-0.05, 0) is 31.2 Å². The molecule has 6 heteroatoms. The van der Waals surface area contributed by atoms with Gasteiger partial charge in [0.05, 0.1) is 12.8 Å². The van der Waals surface area contributed by atoms with Crippen LogP contribution in [0.15, 0.2) is 36.7 Å². The SMILES string of the molecule is CCOC(=O)C(Nc1ccc(F)cc1)c1cnn(C)c1. The van der Waals surface area contributed by atoms with Crippen LogP contribution in [-0.4, -0.2) is 22.4 Å². The fourth-order valence-corrected chi connectivity index (χ4v) is 1.81. The molecule has 1 unspecified atom stereocenters. The van der Waals surface area contributed by atoms with Gasteiger partial charge in [0.15, 0.2) is 6.04 Å². The van der Waals surface area contributed by atoms with Crippen LogP contribution < -0.4 is 5.32 Å². The minimum Gasteiger partial charge on any atom is -0.464 e. The number of halogens is 1. The van der Waals surface area contributed by atoms with Crippen LogP contribution in [0.1, 0.15) is 18.5 Å². The van der Waals surface area contributed by atoms with Crippen LogP contribution in [0.2, 0.25) is 0 Å². The van der Waals surface area contributed by atoms with Gasteiger partial charge in [0, 0.05) is 24.5 Å². The summed E-state index contributed by atoms with van der Waals surface area (Å²) >= 11 is 0. The third-order valence-corrected chi connectivity index (χ3v) is 2.74. The summed E-state index contributed by atoms with van der Waals surface area (Å²) in [5.41, 5.74) is 1.32. The van der Waals surface area contributed by atoms with E-state index >= 15 is 0 Å². The Morgan fingerprint density at radius 1 is 1.45 bits per heavy atom. The third kappa shape index (κ3) is 3.34. The maximum absolute atomic E-state index is 12.9. The molecule has 1 N–H and O–H groups in total. The molecule has 1 aromatic carbocycles. The lowest BCUT2D eigenvalue weighted by Crippen LogP contribution is -2.23. The molecule has 2 aromatic rings. The lowest BCUT2D eigenvalue weighted by molar-refractivity contribution is -0.144. The number of ether oxygens (including phenoxy) is 1. The summed E-state index contributed by atoms with van der Waals surface area (Å²) < 4.78 is 19.6. The summed E-state index contributed by atoms with van der Waals surface area (Å²) in [6.07, 6.45) is 3.33. The number of carbonyl (C=O) groups excluding carboxylic acids is 1. The van der Waals surface area contributed by atoms with E-state index in [4.69, 9.17) is 4.74 Å². The summed E-state index contributed by atoms with van der Waals surface area (Å²) in [5, 5.41) is 7.07. The normalized spacial score (nSPS) is 11.9. The number of benzene rings is 1. The zero-order valence-corrected chi connectivity index (χ0v) is 11.3. The summed E-state index contributed by atoms with van der Waals surface area (Å²) in [5.74, 6) is -0.727. The maximum Gasteiger partial charge on any atom is 0.333 e. The highest BCUT2D eigenvalue weighted by molar-refractivity contribution is 5.80. The Bertz CT molecular complexity index is 580. The predicted octanol–water partition coefficient (Wildman–Crippen LogP) is 2.28. The van der Waals surface area contributed by atoms with Crippen molar-refractivity contribution in [2.75, 3.05) is 11.9 Å². The molecule has 0 saturated carbocycles. The topological polar surface area (TPSA) is 56.1 Å².